The maximum Gasteiger partial charge on any atom is 0.405 e. The van der Waals surface area contributed by atoms with Crippen LogP contribution in [-0.4, -0.2) is 18.1 Å². The molecule has 0 aliphatic heterocycles. The van der Waals surface area contributed by atoms with Crippen molar-refractivity contribution in [1.29, 1.82) is 0 Å². The Hall–Kier alpha value is -2.50. The number of nitrogen functional groups attached to an aromatic ring is 1. The second-order valence-corrected chi connectivity index (χ2v) is 3.87. The second-order valence-electron chi connectivity index (χ2n) is 3.87. The van der Waals surface area contributed by atoms with Gasteiger partial charge in [0.1, 0.15) is 0 Å². The van der Waals surface area contributed by atoms with Gasteiger partial charge < -0.3 is 21.5 Å². The van der Waals surface area contributed by atoms with Gasteiger partial charge in [-0.3, -0.25) is 4.79 Å². The van der Waals surface area contributed by atoms with Crippen molar-refractivity contribution in [1.82, 2.24) is 5.32 Å². The molecule has 0 aliphatic carbocycles. The van der Waals surface area contributed by atoms with E-state index in [-0.39, 0.29) is 13.0 Å². The predicted octanol–water partition coefficient (Wildman–Crippen LogP) is 0.925. The van der Waals surface area contributed by atoms with Gasteiger partial charge in [-0.1, -0.05) is 24.3 Å². The van der Waals surface area contributed by atoms with Crippen LogP contribution < -0.4 is 16.8 Å². The summed E-state index contributed by atoms with van der Waals surface area (Å²) in [6.45, 7) is 3.74. The lowest BCUT2D eigenvalue weighted by Gasteiger charge is -2.15. The van der Waals surface area contributed by atoms with E-state index in [0.717, 1.165) is 5.56 Å². The number of primary amides is 1. The first-order valence-corrected chi connectivity index (χ1v) is 5.72. The monoisotopic (exact) mass is 263 g/mol. The summed E-state index contributed by atoms with van der Waals surface area (Å²) < 4.78 is 4.70. The second kappa shape index (κ2) is 7.05. The van der Waals surface area contributed by atoms with Crippen molar-refractivity contribution in [3.05, 3.63) is 42.5 Å². The Bertz CT molecular complexity index is 474. The van der Waals surface area contributed by atoms with Crippen LogP contribution in [0.1, 0.15) is 12.0 Å². The molecular formula is C13H17N3O3. The molecule has 0 aromatic heterocycles. The minimum absolute atomic E-state index is 0.193. The van der Waals surface area contributed by atoms with Crippen LogP contribution in [0.2, 0.25) is 0 Å². The standard InChI is InChI=1S/C13H17N3O3/c1-2-5-11(19-13(15)18)12(17)16-8-9-6-3-4-7-10(9)14/h2-4,6-7,11H,1,5,8,14H2,(H2,15,18)(H,16,17). The average molecular weight is 263 g/mol. The highest BCUT2D eigenvalue weighted by Gasteiger charge is 2.20. The van der Waals surface area contributed by atoms with Gasteiger partial charge in [0.25, 0.3) is 5.91 Å². The number of nitrogens with one attached hydrogen (secondary N) is 1. The summed E-state index contributed by atoms with van der Waals surface area (Å²) in [7, 11) is 0. The van der Waals surface area contributed by atoms with Crippen molar-refractivity contribution < 1.29 is 14.3 Å². The van der Waals surface area contributed by atoms with Gasteiger partial charge in [-0.2, -0.15) is 0 Å². The highest BCUT2D eigenvalue weighted by Crippen LogP contribution is 2.10. The van der Waals surface area contributed by atoms with E-state index in [4.69, 9.17) is 16.2 Å². The van der Waals surface area contributed by atoms with Crippen LogP contribution in [0.4, 0.5) is 10.5 Å². The SMILES string of the molecule is C=CCC(OC(N)=O)C(=O)NCc1ccccc1N. The molecule has 0 spiro atoms. The maximum atomic E-state index is 11.8. The summed E-state index contributed by atoms with van der Waals surface area (Å²) in [5, 5.41) is 2.63. The summed E-state index contributed by atoms with van der Waals surface area (Å²) in [5.74, 6) is -0.443. The Morgan fingerprint density at radius 1 is 1.42 bits per heavy atom. The number of ether oxygens (including phenoxy) is 1. The highest BCUT2D eigenvalue weighted by atomic mass is 16.6. The van der Waals surface area contributed by atoms with Gasteiger partial charge in [-0.25, -0.2) is 4.79 Å². The number of carbonyl (C=O) groups is 2. The van der Waals surface area contributed by atoms with Gasteiger partial charge in [-0.05, 0) is 11.6 Å². The fraction of sp³-hybridized carbons (Fsp3) is 0.231. The molecule has 0 saturated heterocycles. The zero-order chi connectivity index (χ0) is 14.3. The molecule has 0 saturated carbocycles. The highest BCUT2D eigenvalue weighted by molar-refractivity contribution is 5.83. The molecule has 0 fully saturated rings. The molecule has 1 aromatic carbocycles. The van der Waals surface area contributed by atoms with Crippen molar-refractivity contribution >= 4 is 17.7 Å². The average Bonchev–Trinajstić information content (AvgIpc) is 2.36. The van der Waals surface area contributed by atoms with Crippen LogP contribution in [0, 0.1) is 0 Å². The van der Waals surface area contributed by atoms with E-state index < -0.39 is 18.1 Å². The summed E-state index contributed by atoms with van der Waals surface area (Å²) in [4.78, 5) is 22.5. The Morgan fingerprint density at radius 3 is 2.68 bits per heavy atom. The molecule has 6 heteroatoms. The number of carbonyl (C=O) groups excluding carboxylic acids is 2. The quantitative estimate of drug-likeness (QED) is 0.524. The first kappa shape index (κ1) is 14.6. The third-order valence-corrected chi connectivity index (χ3v) is 2.44. The van der Waals surface area contributed by atoms with Crippen LogP contribution in [0.25, 0.3) is 0 Å². The molecule has 1 rings (SSSR count). The van der Waals surface area contributed by atoms with Crippen LogP contribution in [0.5, 0.6) is 0 Å². The summed E-state index contributed by atoms with van der Waals surface area (Å²) in [6.07, 6.45) is -0.301. The van der Waals surface area contributed by atoms with Crippen LogP contribution >= 0.6 is 0 Å². The van der Waals surface area contributed by atoms with Gasteiger partial charge >= 0.3 is 6.09 Å². The summed E-state index contributed by atoms with van der Waals surface area (Å²) in [6, 6.07) is 7.16. The largest absolute Gasteiger partial charge is 0.436 e. The van der Waals surface area contributed by atoms with E-state index >= 15 is 0 Å². The molecule has 102 valence electrons. The third-order valence-electron chi connectivity index (χ3n) is 2.44. The zero-order valence-electron chi connectivity index (χ0n) is 10.5. The molecule has 0 heterocycles. The number of hydrogen-bond acceptors (Lipinski definition) is 4. The van der Waals surface area contributed by atoms with Crippen LogP contribution in [0.3, 0.4) is 0 Å². The number of rotatable bonds is 6. The number of hydrogen-bond donors (Lipinski definition) is 3. The fourth-order valence-corrected chi connectivity index (χ4v) is 1.49. The molecule has 0 radical (unpaired) electrons. The number of benzene rings is 1. The van der Waals surface area contributed by atoms with Crippen molar-refractivity contribution in [3.8, 4) is 0 Å². The van der Waals surface area contributed by atoms with Crippen molar-refractivity contribution in [3.63, 3.8) is 0 Å². The maximum absolute atomic E-state index is 11.8. The van der Waals surface area contributed by atoms with Crippen LogP contribution in [0.15, 0.2) is 36.9 Å². The summed E-state index contributed by atoms with van der Waals surface area (Å²) >= 11 is 0. The van der Waals surface area contributed by atoms with E-state index in [0.29, 0.717) is 5.69 Å². The van der Waals surface area contributed by atoms with E-state index in [9.17, 15) is 9.59 Å². The number of anilines is 1. The van der Waals surface area contributed by atoms with E-state index in [1.165, 1.54) is 6.08 Å². The molecule has 1 aromatic rings. The molecular weight excluding hydrogens is 246 g/mol. The molecule has 1 atom stereocenters. The zero-order valence-corrected chi connectivity index (χ0v) is 10.5. The van der Waals surface area contributed by atoms with E-state index in [1.54, 1.807) is 18.2 Å². The number of nitrogens with two attached hydrogens (primary N) is 2. The topological polar surface area (TPSA) is 107 Å². The molecule has 1 unspecified atom stereocenters. The minimum Gasteiger partial charge on any atom is -0.436 e. The van der Waals surface area contributed by atoms with E-state index in [2.05, 4.69) is 11.9 Å². The molecule has 19 heavy (non-hydrogen) atoms. The van der Waals surface area contributed by atoms with Gasteiger partial charge in [0.15, 0.2) is 6.10 Å². The Morgan fingerprint density at radius 2 is 2.11 bits per heavy atom. The predicted molar refractivity (Wildman–Crippen MR) is 72.0 cm³/mol. The Labute approximate surface area is 111 Å². The number of para-hydroxylation sites is 1. The first-order chi connectivity index (χ1) is 9.04. The molecule has 6 nitrogen and oxygen atoms in total. The Balaban J connectivity index is 2.59. The van der Waals surface area contributed by atoms with Gasteiger partial charge in [-0.15, -0.1) is 6.58 Å². The van der Waals surface area contributed by atoms with Gasteiger partial charge in [0.2, 0.25) is 0 Å². The lowest BCUT2D eigenvalue weighted by molar-refractivity contribution is -0.129. The summed E-state index contributed by atoms with van der Waals surface area (Å²) in [5.41, 5.74) is 12.0. The Kier molecular flexibility index (Phi) is 5.40. The fourth-order valence-electron chi connectivity index (χ4n) is 1.49. The first-order valence-electron chi connectivity index (χ1n) is 5.72. The van der Waals surface area contributed by atoms with Crippen LogP contribution in [-0.2, 0) is 16.1 Å². The third kappa shape index (κ3) is 4.71. The molecule has 5 N–H and O–H groups in total. The van der Waals surface area contributed by atoms with Crippen molar-refractivity contribution in [2.45, 2.75) is 19.1 Å². The molecule has 0 bridgehead atoms. The number of amides is 2. The van der Waals surface area contributed by atoms with Crippen molar-refractivity contribution in [2.75, 3.05) is 5.73 Å². The van der Waals surface area contributed by atoms with Crippen molar-refractivity contribution in [2.24, 2.45) is 5.73 Å². The van der Waals surface area contributed by atoms with E-state index in [1.807, 2.05) is 6.07 Å². The smallest absolute Gasteiger partial charge is 0.405 e. The lowest BCUT2D eigenvalue weighted by atomic mass is 10.1. The normalized spacial score (nSPS) is 11.4. The lowest BCUT2D eigenvalue weighted by Crippen LogP contribution is -2.38. The molecule has 0 aliphatic rings. The molecule has 2 amide bonds. The minimum atomic E-state index is -0.999. The van der Waals surface area contributed by atoms with Gasteiger partial charge in [0, 0.05) is 18.7 Å². The van der Waals surface area contributed by atoms with Gasteiger partial charge in [0.05, 0.1) is 0 Å².